The van der Waals surface area contributed by atoms with Crippen LogP contribution in [0, 0.1) is 12.3 Å². The standard InChI is InChI=1S/C16H24N4O3/c1-9-6-11(12-13(17-9)20(5)19-15(12)23)14(22)18-10(8-21)7-16(2,3)4/h6,10,21H,7-8H2,1-5H3,(H,18,22)(H,19,23). The molecule has 0 aliphatic carbocycles. The predicted molar refractivity (Wildman–Crippen MR) is 88.5 cm³/mol. The Bertz CT molecular complexity index is 783. The molecule has 1 unspecified atom stereocenters. The molecule has 0 saturated carbocycles. The van der Waals surface area contributed by atoms with E-state index in [1.165, 1.54) is 4.68 Å². The Morgan fingerprint density at radius 1 is 1.48 bits per heavy atom. The fourth-order valence-corrected chi connectivity index (χ4v) is 2.73. The first-order chi connectivity index (χ1) is 10.6. The normalized spacial score (nSPS) is 13.3. The van der Waals surface area contributed by atoms with Crippen molar-refractivity contribution in [3.05, 3.63) is 27.7 Å². The van der Waals surface area contributed by atoms with Crippen molar-refractivity contribution in [2.75, 3.05) is 6.61 Å². The smallest absolute Gasteiger partial charge is 0.274 e. The van der Waals surface area contributed by atoms with Gasteiger partial charge in [0.1, 0.15) is 0 Å². The Morgan fingerprint density at radius 2 is 2.13 bits per heavy atom. The highest BCUT2D eigenvalue weighted by atomic mass is 16.3. The van der Waals surface area contributed by atoms with E-state index in [0.29, 0.717) is 17.8 Å². The van der Waals surface area contributed by atoms with E-state index in [-0.39, 0.29) is 40.5 Å². The third-order valence-electron chi connectivity index (χ3n) is 3.60. The first kappa shape index (κ1) is 17.2. The number of H-pyrrole nitrogens is 1. The molecule has 1 amide bonds. The largest absolute Gasteiger partial charge is 0.394 e. The van der Waals surface area contributed by atoms with E-state index in [4.69, 9.17) is 0 Å². The van der Waals surface area contributed by atoms with Crippen LogP contribution in [0.4, 0.5) is 0 Å². The zero-order valence-corrected chi connectivity index (χ0v) is 14.2. The van der Waals surface area contributed by atoms with Crippen LogP contribution < -0.4 is 10.9 Å². The molecule has 2 rings (SSSR count). The number of amides is 1. The highest BCUT2D eigenvalue weighted by Gasteiger charge is 2.23. The molecule has 0 saturated heterocycles. The molecule has 23 heavy (non-hydrogen) atoms. The lowest BCUT2D eigenvalue weighted by Gasteiger charge is -2.25. The number of aliphatic hydroxyl groups is 1. The van der Waals surface area contributed by atoms with Gasteiger partial charge in [0, 0.05) is 12.7 Å². The van der Waals surface area contributed by atoms with Crippen molar-refractivity contribution in [1.82, 2.24) is 20.1 Å². The molecule has 0 aliphatic heterocycles. The fourth-order valence-electron chi connectivity index (χ4n) is 2.73. The van der Waals surface area contributed by atoms with Gasteiger partial charge >= 0.3 is 0 Å². The molecule has 0 spiro atoms. The predicted octanol–water partition coefficient (Wildman–Crippen LogP) is 1.10. The van der Waals surface area contributed by atoms with E-state index in [1.807, 2.05) is 20.8 Å². The minimum atomic E-state index is -0.375. The number of aromatic nitrogens is 3. The second-order valence-electron chi connectivity index (χ2n) is 7.13. The summed E-state index contributed by atoms with van der Waals surface area (Å²) in [4.78, 5) is 29.0. The number of carbonyl (C=O) groups is 1. The first-order valence-corrected chi connectivity index (χ1v) is 7.60. The molecule has 7 heteroatoms. The molecule has 2 heterocycles. The molecule has 1 atom stereocenters. The second-order valence-corrected chi connectivity index (χ2v) is 7.13. The van der Waals surface area contributed by atoms with Crippen molar-refractivity contribution in [2.45, 2.75) is 40.2 Å². The summed E-state index contributed by atoms with van der Waals surface area (Å²) in [7, 11) is 1.67. The number of aliphatic hydroxyl groups excluding tert-OH is 1. The molecular weight excluding hydrogens is 296 g/mol. The number of carbonyl (C=O) groups excluding carboxylic acids is 1. The summed E-state index contributed by atoms with van der Waals surface area (Å²) >= 11 is 0. The van der Waals surface area contributed by atoms with Crippen molar-refractivity contribution in [2.24, 2.45) is 12.5 Å². The van der Waals surface area contributed by atoms with E-state index in [0.717, 1.165) is 0 Å². The number of nitrogens with one attached hydrogen (secondary N) is 2. The van der Waals surface area contributed by atoms with Crippen molar-refractivity contribution in [3.63, 3.8) is 0 Å². The van der Waals surface area contributed by atoms with Crippen LogP contribution in [0.2, 0.25) is 0 Å². The lowest BCUT2D eigenvalue weighted by atomic mass is 9.88. The third-order valence-corrected chi connectivity index (χ3v) is 3.60. The maximum Gasteiger partial charge on any atom is 0.274 e. The Balaban J connectivity index is 2.39. The van der Waals surface area contributed by atoms with E-state index in [1.54, 1.807) is 20.0 Å². The molecule has 0 bridgehead atoms. The van der Waals surface area contributed by atoms with E-state index in [2.05, 4.69) is 15.4 Å². The molecule has 0 fully saturated rings. The van der Waals surface area contributed by atoms with Gasteiger partial charge in [-0.1, -0.05) is 20.8 Å². The lowest BCUT2D eigenvalue weighted by molar-refractivity contribution is 0.0899. The average molecular weight is 320 g/mol. The second kappa shape index (κ2) is 6.16. The van der Waals surface area contributed by atoms with Gasteiger partial charge in [-0.05, 0) is 24.8 Å². The molecule has 0 aromatic carbocycles. The van der Waals surface area contributed by atoms with Gasteiger partial charge in [0.05, 0.1) is 23.6 Å². The van der Waals surface area contributed by atoms with Gasteiger partial charge in [0.2, 0.25) is 0 Å². The number of aromatic amines is 1. The van der Waals surface area contributed by atoms with Crippen LogP contribution >= 0.6 is 0 Å². The van der Waals surface area contributed by atoms with Gasteiger partial charge in [0.15, 0.2) is 5.65 Å². The minimum Gasteiger partial charge on any atom is -0.394 e. The molecule has 126 valence electrons. The number of nitrogens with zero attached hydrogens (tertiary/aromatic N) is 2. The summed E-state index contributed by atoms with van der Waals surface area (Å²) in [5.74, 6) is -0.375. The Hall–Kier alpha value is -2.15. The summed E-state index contributed by atoms with van der Waals surface area (Å²) in [5.41, 5.74) is 0.984. The quantitative estimate of drug-likeness (QED) is 0.785. The molecule has 2 aromatic rings. The topological polar surface area (TPSA) is 100 Å². The van der Waals surface area contributed by atoms with E-state index in [9.17, 15) is 14.7 Å². The Labute approximate surface area is 134 Å². The van der Waals surface area contributed by atoms with Crippen LogP contribution in [0.1, 0.15) is 43.2 Å². The number of aryl methyl sites for hydroxylation is 2. The van der Waals surface area contributed by atoms with Crippen molar-refractivity contribution in [3.8, 4) is 0 Å². The number of rotatable bonds is 4. The Morgan fingerprint density at radius 3 is 2.70 bits per heavy atom. The molecular formula is C16H24N4O3. The molecule has 2 aromatic heterocycles. The van der Waals surface area contributed by atoms with E-state index < -0.39 is 0 Å². The highest BCUT2D eigenvalue weighted by Crippen LogP contribution is 2.21. The van der Waals surface area contributed by atoms with Gasteiger partial charge in [0.25, 0.3) is 11.5 Å². The summed E-state index contributed by atoms with van der Waals surface area (Å²) in [6, 6.07) is 1.23. The third kappa shape index (κ3) is 3.79. The molecule has 7 nitrogen and oxygen atoms in total. The molecule has 0 radical (unpaired) electrons. The van der Waals surface area contributed by atoms with Gasteiger partial charge in [-0.3, -0.25) is 19.4 Å². The first-order valence-electron chi connectivity index (χ1n) is 7.60. The van der Waals surface area contributed by atoms with Crippen LogP contribution in [0.15, 0.2) is 10.9 Å². The van der Waals surface area contributed by atoms with Crippen LogP contribution in [0.25, 0.3) is 11.0 Å². The summed E-state index contributed by atoms with van der Waals surface area (Å²) < 4.78 is 1.50. The van der Waals surface area contributed by atoms with E-state index >= 15 is 0 Å². The van der Waals surface area contributed by atoms with Gasteiger partial charge in [-0.25, -0.2) is 4.98 Å². The summed E-state index contributed by atoms with van der Waals surface area (Å²) in [6.45, 7) is 7.74. The van der Waals surface area contributed by atoms with Crippen LogP contribution in [-0.4, -0.2) is 38.4 Å². The number of hydrogen-bond acceptors (Lipinski definition) is 4. The maximum atomic E-state index is 12.6. The highest BCUT2D eigenvalue weighted by molar-refractivity contribution is 6.05. The van der Waals surface area contributed by atoms with Gasteiger partial charge < -0.3 is 10.4 Å². The number of fused-ring (bicyclic) bond motifs is 1. The lowest BCUT2D eigenvalue weighted by Crippen LogP contribution is -2.40. The number of hydrogen-bond donors (Lipinski definition) is 3. The van der Waals surface area contributed by atoms with Crippen molar-refractivity contribution >= 4 is 16.9 Å². The van der Waals surface area contributed by atoms with Crippen molar-refractivity contribution in [1.29, 1.82) is 0 Å². The SMILES string of the molecule is Cc1cc(C(=O)NC(CO)CC(C)(C)C)c2c(=O)[nH]n(C)c2n1. The molecule has 3 N–H and O–H groups in total. The fraction of sp³-hybridized carbons (Fsp3) is 0.562. The van der Waals surface area contributed by atoms with Crippen LogP contribution in [0.5, 0.6) is 0 Å². The monoisotopic (exact) mass is 320 g/mol. The van der Waals surface area contributed by atoms with Crippen LogP contribution in [-0.2, 0) is 7.05 Å². The summed E-state index contributed by atoms with van der Waals surface area (Å²) in [6.07, 6.45) is 0.633. The Kier molecular flexibility index (Phi) is 4.61. The zero-order valence-electron chi connectivity index (χ0n) is 14.2. The number of pyridine rings is 1. The maximum absolute atomic E-state index is 12.6. The molecule has 0 aliphatic rings. The van der Waals surface area contributed by atoms with Gasteiger partial charge in [-0.15, -0.1) is 0 Å². The minimum absolute atomic E-state index is 0.0334. The zero-order chi connectivity index (χ0) is 17.4. The van der Waals surface area contributed by atoms with Gasteiger partial charge in [-0.2, -0.15) is 0 Å². The van der Waals surface area contributed by atoms with Crippen molar-refractivity contribution < 1.29 is 9.90 Å². The van der Waals surface area contributed by atoms with Crippen LogP contribution in [0.3, 0.4) is 0 Å². The average Bonchev–Trinajstić information content (AvgIpc) is 2.70. The summed E-state index contributed by atoms with van der Waals surface area (Å²) in [5, 5.41) is 15.2.